The first kappa shape index (κ1) is 13.4. The second-order valence-electron chi connectivity index (χ2n) is 5.32. The summed E-state index contributed by atoms with van der Waals surface area (Å²) in [7, 11) is 0. The van der Waals surface area contributed by atoms with Crippen LogP contribution in [0.3, 0.4) is 0 Å². The largest absolute Gasteiger partial charge is 0.491 e. The highest BCUT2D eigenvalue weighted by Gasteiger charge is 2.24. The lowest BCUT2D eigenvalue weighted by Crippen LogP contribution is -2.31. The highest BCUT2D eigenvalue weighted by molar-refractivity contribution is 5.39. The molecular weight excluding hydrogens is 222 g/mol. The van der Waals surface area contributed by atoms with Crippen LogP contribution in [0.5, 0.6) is 5.75 Å². The molecule has 0 saturated heterocycles. The Bertz CT molecular complexity index is 364. The molecule has 0 spiro atoms. The number of fused-ring (bicyclic) bond motifs is 1. The molecule has 2 nitrogen and oxygen atoms in total. The van der Waals surface area contributed by atoms with Crippen LogP contribution in [-0.2, 0) is 0 Å². The minimum absolute atomic E-state index is 0.377. The summed E-state index contributed by atoms with van der Waals surface area (Å²) in [6, 6.07) is 9.31. The van der Waals surface area contributed by atoms with Gasteiger partial charge in [0.2, 0.25) is 0 Å². The van der Waals surface area contributed by atoms with E-state index in [1.165, 1.54) is 37.7 Å². The lowest BCUT2D eigenvalue weighted by atomic mass is 10.0. The molecule has 0 aliphatic carbocycles. The van der Waals surface area contributed by atoms with E-state index < -0.39 is 0 Å². The fraction of sp³-hybridized carbons (Fsp3) is 0.625. The van der Waals surface area contributed by atoms with E-state index in [4.69, 9.17) is 4.74 Å². The van der Waals surface area contributed by atoms with Gasteiger partial charge in [0.15, 0.2) is 0 Å². The summed E-state index contributed by atoms with van der Waals surface area (Å²) < 4.78 is 5.69. The Morgan fingerprint density at radius 2 is 2.11 bits per heavy atom. The third-order valence-corrected chi connectivity index (χ3v) is 3.68. The number of nitrogens with one attached hydrogen (secondary N) is 1. The lowest BCUT2D eigenvalue weighted by molar-refractivity contribution is 0.295. The summed E-state index contributed by atoms with van der Waals surface area (Å²) in [6.45, 7) is 5.32. The monoisotopic (exact) mass is 247 g/mol. The lowest BCUT2D eigenvalue weighted by Gasteiger charge is -2.18. The minimum Gasteiger partial charge on any atom is -0.491 e. The predicted molar refractivity (Wildman–Crippen MR) is 76.0 cm³/mol. The molecule has 2 rings (SSSR count). The minimum atomic E-state index is 0.377. The van der Waals surface area contributed by atoms with Crippen LogP contribution in [0.2, 0.25) is 0 Å². The summed E-state index contributed by atoms with van der Waals surface area (Å²) in [4.78, 5) is 0. The molecule has 0 amide bonds. The number of benzene rings is 1. The molecular formula is C16H25NO. The van der Waals surface area contributed by atoms with Crippen LogP contribution in [-0.4, -0.2) is 12.6 Å². The third-order valence-electron chi connectivity index (χ3n) is 3.68. The van der Waals surface area contributed by atoms with Crippen molar-refractivity contribution in [2.24, 2.45) is 0 Å². The zero-order valence-corrected chi connectivity index (χ0v) is 11.6. The maximum atomic E-state index is 5.69. The van der Waals surface area contributed by atoms with E-state index in [1.807, 2.05) is 6.07 Å². The van der Waals surface area contributed by atoms with E-state index >= 15 is 0 Å². The zero-order valence-electron chi connectivity index (χ0n) is 11.6. The van der Waals surface area contributed by atoms with Gasteiger partial charge in [-0.25, -0.2) is 0 Å². The first-order valence-corrected chi connectivity index (χ1v) is 7.29. The maximum Gasteiger partial charge on any atom is 0.124 e. The van der Waals surface area contributed by atoms with Gasteiger partial charge < -0.3 is 10.1 Å². The second kappa shape index (κ2) is 6.79. The van der Waals surface area contributed by atoms with Crippen molar-refractivity contribution in [1.29, 1.82) is 0 Å². The van der Waals surface area contributed by atoms with Gasteiger partial charge in [-0.05, 0) is 19.4 Å². The molecule has 2 heteroatoms. The molecule has 1 aromatic rings. The molecule has 2 atom stereocenters. The van der Waals surface area contributed by atoms with Crippen molar-refractivity contribution in [2.75, 3.05) is 6.61 Å². The van der Waals surface area contributed by atoms with Gasteiger partial charge in [0.1, 0.15) is 12.4 Å². The van der Waals surface area contributed by atoms with Crippen LogP contribution in [0.1, 0.15) is 57.6 Å². The fourth-order valence-corrected chi connectivity index (χ4v) is 2.60. The molecule has 1 aliphatic heterocycles. The second-order valence-corrected chi connectivity index (χ2v) is 5.32. The molecule has 2 unspecified atom stereocenters. The Balaban J connectivity index is 1.77. The molecule has 0 saturated carbocycles. The number of hydrogen-bond donors (Lipinski definition) is 1. The Hall–Kier alpha value is -1.02. The molecule has 1 heterocycles. The molecule has 1 N–H and O–H groups in total. The van der Waals surface area contributed by atoms with E-state index in [1.54, 1.807) is 0 Å². The van der Waals surface area contributed by atoms with Gasteiger partial charge >= 0.3 is 0 Å². The van der Waals surface area contributed by atoms with Gasteiger partial charge in [-0.1, -0.05) is 50.8 Å². The van der Waals surface area contributed by atoms with Crippen LogP contribution in [0.4, 0.5) is 0 Å². The Kier molecular flexibility index (Phi) is 5.06. The SMILES string of the molecule is CCCCCCC(C)NC1COc2ccccc21. The first-order valence-electron chi connectivity index (χ1n) is 7.29. The van der Waals surface area contributed by atoms with Crippen LogP contribution < -0.4 is 10.1 Å². The van der Waals surface area contributed by atoms with Crippen molar-refractivity contribution < 1.29 is 4.74 Å². The van der Waals surface area contributed by atoms with E-state index in [-0.39, 0.29) is 0 Å². The number of ether oxygens (including phenoxy) is 1. The van der Waals surface area contributed by atoms with Gasteiger partial charge in [0.05, 0.1) is 6.04 Å². The molecule has 0 radical (unpaired) electrons. The normalized spacial score (nSPS) is 19.3. The molecule has 18 heavy (non-hydrogen) atoms. The molecule has 100 valence electrons. The van der Waals surface area contributed by atoms with E-state index in [0.29, 0.717) is 12.1 Å². The molecule has 0 bridgehead atoms. The predicted octanol–water partition coefficient (Wildman–Crippen LogP) is 4.07. The van der Waals surface area contributed by atoms with E-state index in [2.05, 4.69) is 37.4 Å². The summed E-state index contributed by atoms with van der Waals surface area (Å²) >= 11 is 0. The van der Waals surface area contributed by atoms with Crippen LogP contribution in [0.15, 0.2) is 24.3 Å². The van der Waals surface area contributed by atoms with Crippen LogP contribution >= 0.6 is 0 Å². The van der Waals surface area contributed by atoms with Gasteiger partial charge in [0, 0.05) is 11.6 Å². The van der Waals surface area contributed by atoms with Crippen LogP contribution in [0, 0.1) is 0 Å². The van der Waals surface area contributed by atoms with E-state index in [0.717, 1.165) is 12.4 Å². The zero-order chi connectivity index (χ0) is 12.8. The quantitative estimate of drug-likeness (QED) is 0.733. The van der Waals surface area contributed by atoms with E-state index in [9.17, 15) is 0 Å². The standard InChI is InChI=1S/C16H25NO/c1-3-4-5-6-9-13(2)17-15-12-18-16-11-8-7-10-14(15)16/h7-8,10-11,13,15,17H,3-6,9,12H2,1-2H3. The topological polar surface area (TPSA) is 21.3 Å². The van der Waals surface area contributed by atoms with Crippen LogP contribution in [0.25, 0.3) is 0 Å². The van der Waals surface area contributed by atoms with Crippen molar-refractivity contribution >= 4 is 0 Å². The number of unbranched alkanes of at least 4 members (excludes halogenated alkanes) is 3. The van der Waals surface area contributed by atoms with Gasteiger partial charge in [-0.2, -0.15) is 0 Å². The number of para-hydroxylation sites is 1. The highest BCUT2D eigenvalue weighted by Crippen LogP contribution is 2.32. The van der Waals surface area contributed by atoms with Crippen molar-refractivity contribution in [1.82, 2.24) is 5.32 Å². The Labute approximate surface area is 111 Å². The first-order chi connectivity index (χ1) is 8.81. The summed E-state index contributed by atoms with van der Waals surface area (Å²) in [5, 5.41) is 3.69. The van der Waals surface area contributed by atoms with Crippen molar-refractivity contribution in [3.63, 3.8) is 0 Å². The van der Waals surface area contributed by atoms with Crippen molar-refractivity contribution in [3.8, 4) is 5.75 Å². The highest BCUT2D eigenvalue weighted by atomic mass is 16.5. The van der Waals surface area contributed by atoms with Crippen molar-refractivity contribution in [2.45, 2.75) is 58.0 Å². The average Bonchev–Trinajstić information content (AvgIpc) is 2.78. The third kappa shape index (κ3) is 3.49. The smallest absolute Gasteiger partial charge is 0.124 e. The van der Waals surface area contributed by atoms with Gasteiger partial charge in [-0.15, -0.1) is 0 Å². The molecule has 1 aliphatic rings. The molecule has 0 aromatic heterocycles. The van der Waals surface area contributed by atoms with Gasteiger partial charge in [-0.3, -0.25) is 0 Å². The molecule has 1 aromatic carbocycles. The maximum absolute atomic E-state index is 5.69. The molecule has 0 fully saturated rings. The Morgan fingerprint density at radius 1 is 1.28 bits per heavy atom. The summed E-state index contributed by atoms with van der Waals surface area (Å²) in [5.74, 6) is 1.05. The Morgan fingerprint density at radius 3 is 2.94 bits per heavy atom. The fourth-order valence-electron chi connectivity index (χ4n) is 2.60. The van der Waals surface area contributed by atoms with Crippen molar-refractivity contribution in [3.05, 3.63) is 29.8 Å². The number of hydrogen-bond acceptors (Lipinski definition) is 2. The average molecular weight is 247 g/mol. The van der Waals surface area contributed by atoms with Gasteiger partial charge in [0.25, 0.3) is 0 Å². The number of rotatable bonds is 7. The summed E-state index contributed by atoms with van der Waals surface area (Å²) in [6.07, 6.45) is 6.63. The summed E-state index contributed by atoms with van der Waals surface area (Å²) in [5.41, 5.74) is 1.32.